The number of methoxy groups -OCH3 is 2. The van der Waals surface area contributed by atoms with Gasteiger partial charge in [-0.2, -0.15) is 0 Å². The van der Waals surface area contributed by atoms with E-state index in [0.717, 1.165) is 4.90 Å². The molecular weight excluding hydrogens is 466 g/mol. The van der Waals surface area contributed by atoms with Crippen molar-refractivity contribution < 1.29 is 23.9 Å². The number of nitrogens with one attached hydrogen (secondary N) is 3. The molecule has 35 heavy (non-hydrogen) atoms. The fourth-order valence-corrected chi connectivity index (χ4v) is 4.01. The number of amides is 3. The number of carbonyl (C=O) groups is 3. The van der Waals surface area contributed by atoms with Gasteiger partial charge >= 0.3 is 0 Å². The Labute approximate surface area is 208 Å². The Kier molecular flexibility index (Phi) is 8.74. The molecule has 1 unspecified atom stereocenters. The quantitative estimate of drug-likeness (QED) is 0.361. The van der Waals surface area contributed by atoms with Gasteiger partial charge < -0.3 is 25.4 Å². The van der Waals surface area contributed by atoms with Gasteiger partial charge in [0, 0.05) is 34.4 Å². The zero-order valence-electron chi connectivity index (χ0n) is 19.9. The molecule has 3 rings (SSSR count). The predicted octanol–water partition coefficient (Wildman–Crippen LogP) is 5.03. The predicted molar refractivity (Wildman–Crippen MR) is 139 cm³/mol. The first-order valence-electron chi connectivity index (χ1n) is 10.8. The van der Waals surface area contributed by atoms with Crippen LogP contribution in [-0.4, -0.2) is 37.2 Å². The van der Waals surface area contributed by atoms with E-state index < -0.39 is 0 Å². The van der Waals surface area contributed by atoms with Crippen molar-refractivity contribution in [1.82, 2.24) is 0 Å². The number of ether oxygens (including phenoxy) is 2. The van der Waals surface area contributed by atoms with Crippen molar-refractivity contribution in [3.8, 4) is 11.5 Å². The summed E-state index contributed by atoms with van der Waals surface area (Å²) in [4.78, 5) is 37.2. The summed E-state index contributed by atoms with van der Waals surface area (Å²) in [6.45, 7) is 3.26. The van der Waals surface area contributed by atoms with Crippen LogP contribution < -0.4 is 25.4 Å². The van der Waals surface area contributed by atoms with Crippen LogP contribution in [0.15, 0.2) is 71.6 Å². The van der Waals surface area contributed by atoms with Crippen LogP contribution in [0.25, 0.3) is 0 Å². The fourth-order valence-electron chi connectivity index (χ4n) is 3.14. The molecule has 0 radical (unpaired) electrons. The minimum atomic E-state index is -0.350. The molecule has 0 spiro atoms. The highest BCUT2D eigenvalue weighted by Crippen LogP contribution is 2.29. The molecule has 0 heterocycles. The molecule has 9 heteroatoms. The van der Waals surface area contributed by atoms with Crippen LogP contribution in [-0.2, 0) is 9.59 Å². The monoisotopic (exact) mass is 493 g/mol. The van der Waals surface area contributed by atoms with Gasteiger partial charge in [0.1, 0.15) is 0 Å². The van der Waals surface area contributed by atoms with E-state index in [1.54, 1.807) is 54.6 Å². The minimum Gasteiger partial charge on any atom is -0.493 e. The Hall–Kier alpha value is -3.98. The van der Waals surface area contributed by atoms with Crippen LogP contribution in [0.3, 0.4) is 0 Å². The number of anilines is 3. The van der Waals surface area contributed by atoms with E-state index in [4.69, 9.17) is 9.47 Å². The number of benzene rings is 3. The number of carbonyl (C=O) groups excluding carboxylic acids is 3. The van der Waals surface area contributed by atoms with Crippen LogP contribution in [0.2, 0.25) is 0 Å². The van der Waals surface area contributed by atoms with Gasteiger partial charge in [-0.15, -0.1) is 11.8 Å². The molecule has 0 saturated heterocycles. The zero-order chi connectivity index (χ0) is 25.4. The van der Waals surface area contributed by atoms with Crippen LogP contribution in [0.1, 0.15) is 24.2 Å². The number of thioether (sulfide) groups is 1. The molecule has 0 fully saturated rings. The second-order valence-corrected chi connectivity index (χ2v) is 8.97. The third-order valence-corrected chi connectivity index (χ3v) is 6.02. The second kappa shape index (κ2) is 11.9. The van der Waals surface area contributed by atoms with E-state index in [9.17, 15) is 14.4 Å². The summed E-state index contributed by atoms with van der Waals surface area (Å²) >= 11 is 1.40. The van der Waals surface area contributed by atoms with E-state index in [2.05, 4.69) is 16.0 Å². The van der Waals surface area contributed by atoms with Crippen molar-refractivity contribution in [1.29, 1.82) is 0 Å². The van der Waals surface area contributed by atoms with Gasteiger partial charge in [-0.05, 0) is 73.7 Å². The number of hydrogen-bond acceptors (Lipinski definition) is 6. The Morgan fingerprint density at radius 1 is 0.743 bits per heavy atom. The summed E-state index contributed by atoms with van der Waals surface area (Å²) in [5.74, 6) is 0.448. The molecule has 3 aromatic rings. The topological polar surface area (TPSA) is 106 Å². The first-order valence-corrected chi connectivity index (χ1v) is 11.7. The summed E-state index contributed by atoms with van der Waals surface area (Å²) in [6.07, 6.45) is 0. The van der Waals surface area contributed by atoms with Crippen LogP contribution in [0, 0.1) is 0 Å². The third kappa shape index (κ3) is 7.25. The molecule has 8 nitrogen and oxygen atoms in total. The average molecular weight is 494 g/mol. The Morgan fingerprint density at radius 3 is 1.86 bits per heavy atom. The summed E-state index contributed by atoms with van der Waals surface area (Å²) in [7, 11) is 3.05. The molecule has 3 amide bonds. The molecule has 0 bridgehead atoms. The van der Waals surface area contributed by atoms with E-state index in [0.29, 0.717) is 34.1 Å². The van der Waals surface area contributed by atoms with Crippen molar-refractivity contribution in [2.75, 3.05) is 30.2 Å². The third-order valence-electron chi connectivity index (χ3n) is 4.91. The normalized spacial score (nSPS) is 11.2. The van der Waals surface area contributed by atoms with Crippen molar-refractivity contribution in [3.05, 3.63) is 72.3 Å². The van der Waals surface area contributed by atoms with Crippen LogP contribution in [0.5, 0.6) is 11.5 Å². The van der Waals surface area contributed by atoms with Gasteiger partial charge in [-0.3, -0.25) is 14.4 Å². The fraction of sp³-hybridized carbons (Fsp3) is 0.192. The summed E-state index contributed by atoms with van der Waals surface area (Å²) < 4.78 is 10.5. The lowest BCUT2D eigenvalue weighted by atomic mass is 10.2. The lowest BCUT2D eigenvalue weighted by Crippen LogP contribution is -2.22. The number of rotatable bonds is 9. The molecular formula is C26H27N3O5S. The lowest BCUT2D eigenvalue weighted by Gasteiger charge is -2.13. The standard InChI is InChI=1S/C26H27N3O5S/c1-16(25(31)28-20-8-6-19(7-9-20)27-17(2)30)35-22-12-10-21(11-13-22)29-26(32)18-5-14-23(33-3)24(15-18)34-4/h5-16H,1-4H3,(H,27,30)(H,28,31)(H,29,32). The molecule has 3 aromatic carbocycles. The Bertz CT molecular complexity index is 1200. The lowest BCUT2D eigenvalue weighted by molar-refractivity contribution is -0.115. The minimum absolute atomic E-state index is 0.145. The summed E-state index contributed by atoms with van der Waals surface area (Å²) in [6, 6.07) is 19.1. The molecule has 0 aromatic heterocycles. The maximum Gasteiger partial charge on any atom is 0.255 e. The summed E-state index contributed by atoms with van der Waals surface area (Å²) in [5, 5.41) is 8.05. The molecule has 0 saturated carbocycles. The van der Waals surface area contributed by atoms with Crippen LogP contribution in [0.4, 0.5) is 17.1 Å². The second-order valence-electron chi connectivity index (χ2n) is 7.56. The average Bonchev–Trinajstić information content (AvgIpc) is 2.85. The maximum atomic E-state index is 12.6. The van der Waals surface area contributed by atoms with Gasteiger partial charge in [-0.25, -0.2) is 0 Å². The zero-order valence-corrected chi connectivity index (χ0v) is 20.7. The van der Waals surface area contributed by atoms with E-state index in [1.807, 2.05) is 19.1 Å². The Balaban J connectivity index is 1.55. The number of hydrogen-bond donors (Lipinski definition) is 3. The van der Waals surface area contributed by atoms with E-state index in [-0.39, 0.29) is 23.0 Å². The first-order chi connectivity index (χ1) is 16.8. The summed E-state index contributed by atoms with van der Waals surface area (Å²) in [5.41, 5.74) is 2.38. The van der Waals surface area contributed by atoms with Crippen molar-refractivity contribution in [2.45, 2.75) is 24.0 Å². The molecule has 0 aliphatic carbocycles. The SMILES string of the molecule is COc1ccc(C(=O)Nc2ccc(SC(C)C(=O)Nc3ccc(NC(C)=O)cc3)cc2)cc1OC. The van der Waals surface area contributed by atoms with Gasteiger partial charge in [0.2, 0.25) is 11.8 Å². The highest BCUT2D eigenvalue weighted by molar-refractivity contribution is 8.00. The van der Waals surface area contributed by atoms with Crippen molar-refractivity contribution in [2.24, 2.45) is 0 Å². The Morgan fingerprint density at radius 2 is 1.29 bits per heavy atom. The van der Waals surface area contributed by atoms with E-state index in [1.165, 1.54) is 32.9 Å². The molecule has 1 atom stereocenters. The molecule has 182 valence electrons. The van der Waals surface area contributed by atoms with Crippen molar-refractivity contribution >= 4 is 46.5 Å². The van der Waals surface area contributed by atoms with Gasteiger partial charge in [0.15, 0.2) is 11.5 Å². The maximum absolute atomic E-state index is 12.6. The van der Waals surface area contributed by atoms with Gasteiger partial charge in [0.25, 0.3) is 5.91 Å². The highest BCUT2D eigenvalue weighted by Gasteiger charge is 2.15. The van der Waals surface area contributed by atoms with E-state index >= 15 is 0 Å². The van der Waals surface area contributed by atoms with Crippen LogP contribution >= 0.6 is 11.8 Å². The largest absolute Gasteiger partial charge is 0.493 e. The van der Waals surface area contributed by atoms with Gasteiger partial charge in [0.05, 0.1) is 19.5 Å². The molecule has 3 N–H and O–H groups in total. The van der Waals surface area contributed by atoms with Gasteiger partial charge in [-0.1, -0.05) is 0 Å². The first kappa shape index (κ1) is 25.6. The molecule has 0 aliphatic heterocycles. The molecule has 0 aliphatic rings. The highest BCUT2D eigenvalue weighted by atomic mass is 32.2. The van der Waals surface area contributed by atoms with Crippen molar-refractivity contribution in [3.63, 3.8) is 0 Å². The smallest absolute Gasteiger partial charge is 0.255 e.